The first kappa shape index (κ1) is 18.7. The summed E-state index contributed by atoms with van der Waals surface area (Å²) in [5.74, 6) is -0.548. The molecule has 28 heavy (non-hydrogen) atoms. The maximum absolute atomic E-state index is 13.0. The van der Waals surface area contributed by atoms with Crippen molar-refractivity contribution in [2.24, 2.45) is 0 Å². The van der Waals surface area contributed by atoms with Gasteiger partial charge in [0, 0.05) is 35.7 Å². The van der Waals surface area contributed by atoms with Crippen molar-refractivity contribution in [2.45, 2.75) is 38.5 Å². The molecule has 0 fully saturated rings. The molecule has 4 nitrogen and oxygen atoms in total. The van der Waals surface area contributed by atoms with Crippen molar-refractivity contribution in [1.82, 2.24) is 5.32 Å². The fourth-order valence-corrected chi connectivity index (χ4v) is 4.70. The van der Waals surface area contributed by atoms with E-state index in [0.29, 0.717) is 25.0 Å². The van der Waals surface area contributed by atoms with Gasteiger partial charge in [-0.15, -0.1) is 0 Å². The molecule has 0 bridgehead atoms. The van der Waals surface area contributed by atoms with Crippen molar-refractivity contribution in [1.29, 1.82) is 0 Å². The predicted molar refractivity (Wildman–Crippen MR) is 110 cm³/mol. The average Bonchev–Trinajstić information content (AvgIpc) is 3.22. The number of Topliss-reactive ketones (excluding diaryl/α,β-unsaturated/α-hetero) is 1. The van der Waals surface area contributed by atoms with Gasteiger partial charge in [-0.1, -0.05) is 30.3 Å². The Labute approximate surface area is 168 Å². The minimum Gasteiger partial charge on any atom is -0.462 e. The summed E-state index contributed by atoms with van der Waals surface area (Å²) in [4.78, 5) is 25.8. The van der Waals surface area contributed by atoms with Crippen LogP contribution in [0.15, 0.2) is 69.7 Å². The number of nitrogens with one attached hydrogen (secondary N) is 1. The van der Waals surface area contributed by atoms with Gasteiger partial charge in [0.15, 0.2) is 5.78 Å². The molecule has 0 radical (unpaired) electrons. The lowest BCUT2D eigenvalue weighted by Gasteiger charge is -2.33. The van der Waals surface area contributed by atoms with Gasteiger partial charge in [0.05, 0.1) is 12.2 Å². The smallest absolute Gasteiger partial charge is 0.336 e. The minimum absolute atomic E-state index is 0.132. The van der Waals surface area contributed by atoms with E-state index in [1.165, 1.54) is 0 Å². The van der Waals surface area contributed by atoms with E-state index in [4.69, 9.17) is 4.74 Å². The fraction of sp³-hybridized carbons (Fsp3) is 0.304. The highest BCUT2D eigenvalue weighted by atomic mass is 32.1. The number of carbonyl (C=O) groups excluding carboxylic acids is 2. The molecule has 1 aliphatic carbocycles. The average molecular weight is 394 g/mol. The number of benzene rings is 1. The van der Waals surface area contributed by atoms with Crippen molar-refractivity contribution >= 4 is 23.1 Å². The first-order chi connectivity index (χ1) is 13.6. The Morgan fingerprint density at radius 2 is 2.04 bits per heavy atom. The molecule has 2 aliphatic rings. The number of esters is 1. The fourth-order valence-electron chi connectivity index (χ4n) is 4.01. The Balaban J connectivity index is 1.59. The third kappa shape index (κ3) is 3.67. The molecule has 1 N–H and O–H groups in total. The Morgan fingerprint density at radius 3 is 2.79 bits per heavy atom. The van der Waals surface area contributed by atoms with Gasteiger partial charge in [0.2, 0.25) is 0 Å². The van der Waals surface area contributed by atoms with Crippen molar-refractivity contribution < 1.29 is 14.3 Å². The maximum atomic E-state index is 13.0. The van der Waals surface area contributed by atoms with Gasteiger partial charge in [0.1, 0.15) is 0 Å². The summed E-state index contributed by atoms with van der Waals surface area (Å²) >= 11 is 1.57. The molecule has 1 atom stereocenters. The van der Waals surface area contributed by atoms with Gasteiger partial charge in [-0.2, -0.15) is 11.3 Å². The molecule has 5 heteroatoms. The van der Waals surface area contributed by atoms with E-state index in [-0.39, 0.29) is 17.7 Å². The van der Waals surface area contributed by atoms with Crippen LogP contribution in [-0.2, 0) is 20.7 Å². The van der Waals surface area contributed by atoms with Crippen LogP contribution in [0, 0.1) is 0 Å². The first-order valence-corrected chi connectivity index (χ1v) is 10.6. The van der Waals surface area contributed by atoms with E-state index in [9.17, 15) is 9.59 Å². The number of ether oxygens (including phenoxy) is 1. The lowest BCUT2D eigenvalue weighted by Crippen LogP contribution is -2.34. The molecule has 144 valence electrons. The second kappa shape index (κ2) is 8.15. The second-order valence-corrected chi connectivity index (χ2v) is 7.97. The van der Waals surface area contributed by atoms with E-state index >= 15 is 0 Å². The molecule has 2 aromatic rings. The molecule has 1 aromatic heterocycles. The zero-order valence-electron chi connectivity index (χ0n) is 15.9. The summed E-state index contributed by atoms with van der Waals surface area (Å²) in [5.41, 5.74) is 5.17. The zero-order valence-corrected chi connectivity index (χ0v) is 16.7. The Kier molecular flexibility index (Phi) is 5.44. The van der Waals surface area contributed by atoms with Crippen molar-refractivity contribution in [3.05, 3.63) is 80.8 Å². The summed E-state index contributed by atoms with van der Waals surface area (Å²) in [5, 5.41) is 7.33. The molecule has 1 unspecified atom stereocenters. The van der Waals surface area contributed by atoms with E-state index in [2.05, 4.69) is 5.32 Å². The molecule has 0 saturated carbocycles. The van der Waals surface area contributed by atoms with Crippen molar-refractivity contribution in [3.63, 3.8) is 0 Å². The molecular weight excluding hydrogens is 370 g/mol. The monoisotopic (exact) mass is 393 g/mol. The number of hydrogen-bond acceptors (Lipinski definition) is 5. The Morgan fingerprint density at radius 1 is 1.21 bits per heavy atom. The SMILES string of the molecule is CC1=C(C(=O)OCCc2ccccc2)C(c2ccsc2)C2=C(CCCC2=O)N1. The topological polar surface area (TPSA) is 55.4 Å². The highest BCUT2D eigenvalue weighted by Gasteiger charge is 2.39. The highest BCUT2D eigenvalue weighted by molar-refractivity contribution is 7.08. The number of carbonyl (C=O) groups is 2. The molecular formula is C23H23NO3S. The van der Waals surface area contributed by atoms with Gasteiger partial charge in [-0.05, 0) is 47.7 Å². The lowest BCUT2D eigenvalue weighted by molar-refractivity contribution is -0.139. The quantitative estimate of drug-likeness (QED) is 0.760. The molecule has 0 saturated heterocycles. The van der Waals surface area contributed by atoms with Crippen LogP contribution in [0.4, 0.5) is 0 Å². The summed E-state index contributed by atoms with van der Waals surface area (Å²) in [6.45, 7) is 2.21. The number of thiophene rings is 1. The van der Waals surface area contributed by atoms with Crippen LogP contribution < -0.4 is 5.32 Å². The molecule has 0 amide bonds. The predicted octanol–water partition coefficient (Wildman–Crippen LogP) is 4.50. The van der Waals surface area contributed by atoms with Crippen LogP contribution in [0.5, 0.6) is 0 Å². The summed E-state index contributed by atoms with van der Waals surface area (Å²) < 4.78 is 5.63. The summed E-state index contributed by atoms with van der Waals surface area (Å²) in [7, 11) is 0. The summed E-state index contributed by atoms with van der Waals surface area (Å²) in [6, 6.07) is 12.0. The van der Waals surface area contributed by atoms with Crippen LogP contribution in [-0.4, -0.2) is 18.4 Å². The molecule has 4 rings (SSSR count). The van der Waals surface area contributed by atoms with Crippen LogP contribution >= 0.6 is 11.3 Å². The third-order valence-electron chi connectivity index (χ3n) is 5.34. The zero-order chi connectivity index (χ0) is 19.5. The van der Waals surface area contributed by atoms with Gasteiger partial charge < -0.3 is 10.1 Å². The number of rotatable bonds is 5. The van der Waals surface area contributed by atoms with E-state index in [0.717, 1.165) is 40.9 Å². The van der Waals surface area contributed by atoms with Crippen molar-refractivity contribution in [3.8, 4) is 0 Å². The lowest BCUT2D eigenvalue weighted by atomic mass is 9.76. The van der Waals surface area contributed by atoms with E-state index in [1.54, 1.807) is 11.3 Å². The number of allylic oxidation sites excluding steroid dienone is 3. The number of ketones is 1. The summed E-state index contributed by atoms with van der Waals surface area (Å²) in [6.07, 6.45) is 2.90. The van der Waals surface area contributed by atoms with Gasteiger partial charge in [-0.3, -0.25) is 4.79 Å². The second-order valence-electron chi connectivity index (χ2n) is 7.19. The number of dihydropyridines is 1. The standard InChI is InChI=1S/C23H23NO3S/c1-15-20(23(26)27-12-10-16-6-3-2-4-7-16)21(17-11-13-28-14-17)22-18(24-15)8-5-9-19(22)25/h2-4,6-7,11,13-14,21,24H,5,8-10,12H2,1H3. The van der Waals surface area contributed by atoms with Gasteiger partial charge in [0.25, 0.3) is 0 Å². The van der Waals surface area contributed by atoms with Crippen molar-refractivity contribution in [2.75, 3.05) is 6.61 Å². The molecule has 0 spiro atoms. The Hall–Kier alpha value is -2.66. The molecule has 2 heterocycles. The van der Waals surface area contributed by atoms with Gasteiger partial charge >= 0.3 is 5.97 Å². The normalized spacial score (nSPS) is 19.3. The van der Waals surface area contributed by atoms with E-state index < -0.39 is 0 Å². The van der Waals surface area contributed by atoms with Crippen LogP contribution in [0.2, 0.25) is 0 Å². The Bertz CT molecular complexity index is 941. The largest absolute Gasteiger partial charge is 0.462 e. The molecule has 1 aromatic carbocycles. The molecule has 1 aliphatic heterocycles. The van der Waals surface area contributed by atoms with Crippen LogP contribution in [0.1, 0.15) is 43.2 Å². The van der Waals surface area contributed by atoms with Crippen LogP contribution in [0.25, 0.3) is 0 Å². The van der Waals surface area contributed by atoms with Gasteiger partial charge in [-0.25, -0.2) is 4.79 Å². The number of hydrogen-bond donors (Lipinski definition) is 1. The maximum Gasteiger partial charge on any atom is 0.336 e. The third-order valence-corrected chi connectivity index (χ3v) is 6.04. The highest BCUT2D eigenvalue weighted by Crippen LogP contribution is 2.42. The first-order valence-electron chi connectivity index (χ1n) is 9.62. The van der Waals surface area contributed by atoms with Crippen LogP contribution in [0.3, 0.4) is 0 Å². The van der Waals surface area contributed by atoms with E-state index in [1.807, 2.05) is 54.1 Å². The minimum atomic E-state index is -0.345.